The Hall–Kier alpha value is -0.810. The van der Waals surface area contributed by atoms with Crippen LogP contribution in [0.4, 0.5) is 0 Å². The summed E-state index contributed by atoms with van der Waals surface area (Å²) in [6, 6.07) is 0. The first-order valence-corrected chi connectivity index (χ1v) is 4.27. The highest BCUT2D eigenvalue weighted by Crippen LogP contribution is 2.30. The quantitative estimate of drug-likeness (QED) is 0.468. The molecule has 0 spiro atoms. The molecule has 1 fully saturated rings. The third kappa shape index (κ3) is 2.09. The average molecular weight is 166 g/mol. The number of hydrogen-bond donors (Lipinski definition) is 0. The van der Waals surface area contributed by atoms with Gasteiger partial charge in [-0.15, -0.1) is 11.8 Å². The molecule has 0 aliphatic carbocycles. The van der Waals surface area contributed by atoms with Crippen molar-refractivity contribution in [3.8, 4) is 11.8 Å². The number of carbonyl (C=O) groups excluding carboxylic acids is 1. The van der Waals surface area contributed by atoms with Crippen molar-refractivity contribution >= 4 is 6.29 Å². The summed E-state index contributed by atoms with van der Waals surface area (Å²) in [4.78, 5) is 10.8. The van der Waals surface area contributed by atoms with Crippen molar-refractivity contribution in [1.82, 2.24) is 0 Å². The van der Waals surface area contributed by atoms with Gasteiger partial charge in [0.1, 0.15) is 6.29 Å². The summed E-state index contributed by atoms with van der Waals surface area (Å²) in [5.74, 6) is 5.80. The van der Waals surface area contributed by atoms with E-state index in [0.29, 0.717) is 6.61 Å². The molecule has 66 valence electrons. The van der Waals surface area contributed by atoms with Gasteiger partial charge in [0.25, 0.3) is 0 Å². The third-order valence-corrected chi connectivity index (χ3v) is 2.31. The van der Waals surface area contributed by atoms with Crippen LogP contribution in [0.5, 0.6) is 0 Å². The van der Waals surface area contributed by atoms with Crippen LogP contribution < -0.4 is 0 Å². The average Bonchev–Trinajstić information content (AvgIpc) is 2.55. The lowest BCUT2D eigenvalue weighted by Crippen LogP contribution is -2.22. The molecular formula is C10H14O2. The van der Waals surface area contributed by atoms with E-state index >= 15 is 0 Å². The molecule has 1 unspecified atom stereocenters. The molecule has 1 aliphatic heterocycles. The molecule has 1 saturated heterocycles. The first kappa shape index (κ1) is 9.28. The van der Waals surface area contributed by atoms with Crippen LogP contribution in [0.1, 0.15) is 26.2 Å². The second kappa shape index (κ2) is 4.27. The Morgan fingerprint density at radius 1 is 1.67 bits per heavy atom. The highest BCUT2D eigenvalue weighted by atomic mass is 16.5. The first-order chi connectivity index (χ1) is 5.83. The highest BCUT2D eigenvalue weighted by Gasteiger charge is 2.33. The van der Waals surface area contributed by atoms with E-state index in [1.807, 2.05) is 6.92 Å². The zero-order chi connectivity index (χ0) is 8.86. The number of aldehydes is 1. The smallest absolute Gasteiger partial charge is 0.128 e. The molecule has 0 aromatic carbocycles. The minimum atomic E-state index is -0.218. The molecule has 0 aromatic rings. The molecule has 2 heteroatoms. The SMILES string of the molecule is CC#CCCC1(C=O)CCOC1. The highest BCUT2D eigenvalue weighted by molar-refractivity contribution is 5.60. The van der Waals surface area contributed by atoms with Gasteiger partial charge in [0.15, 0.2) is 0 Å². The van der Waals surface area contributed by atoms with E-state index in [1.165, 1.54) is 0 Å². The molecule has 0 bridgehead atoms. The number of rotatable bonds is 3. The minimum Gasteiger partial charge on any atom is -0.380 e. The van der Waals surface area contributed by atoms with E-state index in [0.717, 1.165) is 32.2 Å². The molecule has 0 saturated carbocycles. The molecule has 1 aliphatic rings. The van der Waals surface area contributed by atoms with Gasteiger partial charge in [-0.05, 0) is 19.8 Å². The van der Waals surface area contributed by atoms with Crippen molar-refractivity contribution in [2.24, 2.45) is 5.41 Å². The zero-order valence-electron chi connectivity index (χ0n) is 7.43. The second-order valence-corrected chi connectivity index (χ2v) is 3.21. The number of hydrogen-bond acceptors (Lipinski definition) is 2. The topological polar surface area (TPSA) is 26.3 Å². The Morgan fingerprint density at radius 3 is 3.00 bits per heavy atom. The molecule has 1 rings (SSSR count). The predicted molar refractivity (Wildman–Crippen MR) is 46.6 cm³/mol. The van der Waals surface area contributed by atoms with Gasteiger partial charge in [0.05, 0.1) is 12.0 Å². The molecule has 1 heterocycles. The maximum absolute atomic E-state index is 10.8. The maximum atomic E-state index is 10.8. The summed E-state index contributed by atoms with van der Waals surface area (Å²) >= 11 is 0. The standard InChI is InChI=1S/C10H14O2/c1-2-3-4-5-10(8-11)6-7-12-9-10/h8H,4-7,9H2,1H3. The van der Waals surface area contributed by atoms with Crippen molar-refractivity contribution in [1.29, 1.82) is 0 Å². The number of ether oxygens (including phenoxy) is 1. The Kier molecular flexibility index (Phi) is 3.31. The molecule has 1 atom stereocenters. The van der Waals surface area contributed by atoms with E-state index in [4.69, 9.17) is 4.74 Å². The monoisotopic (exact) mass is 166 g/mol. The van der Waals surface area contributed by atoms with E-state index < -0.39 is 0 Å². The Labute approximate surface area is 73.3 Å². The summed E-state index contributed by atoms with van der Waals surface area (Å²) in [5.41, 5.74) is -0.218. The van der Waals surface area contributed by atoms with E-state index in [-0.39, 0.29) is 5.41 Å². The van der Waals surface area contributed by atoms with Crippen LogP contribution in [-0.2, 0) is 9.53 Å². The van der Waals surface area contributed by atoms with Crippen LogP contribution in [0.15, 0.2) is 0 Å². The summed E-state index contributed by atoms with van der Waals surface area (Å²) in [6.07, 6.45) is 3.55. The van der Waals surface area contributed by atoms with E-state index in [9.17, 15) is 4.79 Å². The first-order valence-electron chi connectivity index (χ1n) is 4.27. The number of carbonyl (C=O) groups is 1. The van der Waals surface area contributed by atoms with Crippen LogP contribution in [0.3, 0.4) is 0 Å². The molecule has 0 aromatic heterocycles. The van der Waals surface area contributed by atoms with Crippen LogP contribution in [0, 0.1) is 17.3 Å². The van der Waals surface area contributed by atoms with Crippen LogP contribution in [0.2, 0.25) is 0 Å². The summed E-state index contributed by atoms with van der Waals surface area (Å²) < 4.78 is 5.20. The molecule has 0 N–H and O–H groups in total. The van der Waals surface area contributed by atoms with Crippen molar-refractivity contribution < 1.29 is 9.53 Å². The van der Waals surface area contributed by atoms with Crippen LogP contribution >= 0.6 is 0 Å². The van der Waals surface area contributed by atoms with Crippen LogP contribution in [-0.4, -0.2) is 19.5 Å². The zero-order valence-corrected chi connectivity index (χ0v) is 7.43. The summed E-state index contributed by atoms with van der Waals surface area (Å²) in [5, 5.41) is 0. The fourth-order valence-electron chi connectivity index (χ4n) is 1.41. The van der Waals surface area contributed by atoms with Crippen LogP contribution in [0.25, 0.3) is 0 Å². The third-order valence-electron chi connectivity index (χ3n) is 2.31. The van der Waals surface area contributed by atoms with Gasteiger partial charge in [-0.1, -0.05) is 0 Å². The molecule has 0 amide bonds. The van der Waals surface area contributed by atoms with Gasteiger partial charge in [-0.3, -0.25) is 0 Å². The van der Waals surface area contributed by atoms with Gasteiger partial charge < -0.3 is 9.53 Å². The predicted octanol–water partition coefficient (Wildman–Crippen LogP) is 1.40. The summed E-state index contributed by atoms with van der Waals surface area (Å²) in [7, 11) is 0. The fraction of sp³-hybridized carbons (Fsp3) is 0.700. The lowest BCUT2D eigenvalue weighted by Gasteiger charge is -2.17. The Bertz CT molecular complexity index is 204. The van der Waals surface area contributed by atoms with Gasteiger partial charge in [-0.2, -0.15) is 0 Å². The fourth-order valence-corrected chi connectivity index (χ4v) is 1.41. The van der Waals surface area contributed by atoms with Gasteiger partial charge >= 0.3 is 0 Å². The Balaban J connectivity index is 2.42. The van der Waals surface area contributed by atoms with Gasteiger partial charge in [0.2, 0.25) is 0 Å². The van der Waals surface area contributed by atoms with Crippen molar-refractivity contribution in [3.05, 3.63) is 0 Å². The molecule has 12 heavy (non-hydrogen) atoms. The lowest BCUT2D eigenvalue weighted by molar-refractivity contribution is -0.116. The minimum absolute atomic E-state index is 0.218. The molecular weight excluding hydrogens is 152 g/mol. The summed E-state index contributed by atoms with van der Waals surface area (Å²) in [6.45, 7) is 3.12. The normalized spacial score (nSPS) is 27.8. The van der Waals surface area contributed by atoms with Gasteiger partial charge in [-0.25, -0.2) is 0 Å². The largest absolute Gasteiger partial charge is 0.380 e. The molecule has 2 nitrogen and oxygen atoms in total. The van der Waals surface area contributed by atoms with E-state index in [1.54, 1.807) is 0 Å². The lowest BCUT2D eigenvalue weighted by atomic mass is 9.84. The van der Waals surface area contributed by atoms with Crippen molar-refractivity contribution in [2.75, 3.05) is 13.2 Å². The molecule has 0 radical (unpaired) electrons. The Morgan fingerprint density at radius 2 is 2.50 bits per heavy atom. The van der Waals surface area contributed by atoms with E-state index in [2.05, 4.69) is 11.8 Å². The van der Waals surface area contributed by atoms with Gasteiger partial charge in [0, 0.05) is 13.0 Å². The van der Waals surface area contributed by atoms with Crippen molar-refractivity contribution in [2.45, 2.75) is 26.2 Å². The maximum Gasteiger partial charge on any atom is 0.128 e. The second-order valence-electron chi connectivity index (χ2n) is 3.21. The van der Waals surface area contributed by atoms with Crippen molar-refractivity contribution in [3.63, 3.8) is 0 Å².